The van der Waals surface area contributed by atoms with Gasteiger partial charge in [-0.25, -0.2) is 0 Å². The minimum Gasteiger partial charge on any atom is -0.463 e. The molecule has 1 amide bonds. The number of hydrogen-bond donors (Lipinski definition) is 1. The molecule has 1 aliphatic rings. The van der Waals surface area contributed by atoms with Crippen LogP contribution in [-0.4, -0.2) is 24.0 Å². The van der Waals surface area contributed by atoms with Crippen LogP contribution in [0.5, 0.6) is 0 Å². The van der Waals surface area contributed by atoms with Gasteiger partial charge in [0.15, 0.2) is 0 Å². The molecule has 0 aliphatic carbocycles. The summed E-state index contributed by atoms with van der Waals surface area (Å²) in [6.45, 7) is 14.7. The van der Waals surface area contributed by atoms with Crippen LogP contribution in [0.3, 0.4) is 0 Å². The van der Waals surface area contributed by atoms with Gasteiger partial charge in [0.2, 0.25) is 5.91 Å². The summed E-state index contributed by atoms with van der Waals surface area (Å²) in [5.41, 5.74) is -0.115. The number of ether oxygens (including phenoxy) is 1. The van der Waals surface area contributed by atoms with Crippen molar-refractivity contribution < 1.29 is 14.3 Å². The van der Waals surface area contributed by atoms with Gasteiger partial charge in [0.05, 0.1) is 11.0 Å². The number of allylic oxidation sites excluding steroid dienone is 1. The highest BCUT2D eigenvalue weighted by atomic mass is 16.5. The summed E-state index contributed by atoms with van der Waals surface area (Å²) in [7, 11) is 0. The summed E-state index contributed by atoms with van der Waals surface area (Å²) in [5, 5.41) is 3.13. The molecule has 0 aromatic carbocycles. The van der Waals surface area contributed by atoms with E-state index in [1.165, 1.54) is 12.8 Å². The highest BCUT2D eigenvalue weighted by Gasteiger charge is 2.41. The lowest BCUT2D eigenvalue weighted by Gasteiger charge is -2.29. The van der Waals surface area contributed by atoms with E-state index < -0.39 is 11.0 Å². The average Bonchev–Trinajstić information content (AvgIpc) is 2.87. The maximum absolute atomic E-state index is 12.5. The molecule has 1 fully saturated rings. The number of amides is 1. The fourth-order valence-electron chi connectivity index (χ4n) is 3.83. The normalized spacial score (nSPS) is 23.0. The third-order valence-corrected chi connectivity index (χ3v) is 5.37. The molecule has 1 saturated heterocycles. The number of rotatable bonds is 10. The SMILES string of the molecule is CCCC1(COC(=O)C(C)(C)C)C/C(=C\CCC(CC)CC(C)C)C(=O)N1. The van der Waals surface area contributed by atoms with Gasteiger partial charge in [-0.05, 0) is 58.3 Å². The van der Waals surface area contributed by atoms with Crippen molar-refractivity contribution >= 4 is 11.9 Å². The molecule has 1 rings (SSSR count). The van der Waals surface area contributed by atoms with E-state index in [4.69, 9.17) is 4.74 Å². The minimum atomic E-state index is -0.528. The molecule has 2 atom stereocenters. The zero-order valence-electron chi connectivity index (χ0n) is 18.6. The van der Waals surface area contributed by atoms with E-state index in [-0.39, 0.29) is 18.5 Å². The Morgan fingerprint density at radius 3 is 2.48 bits per heavy atom. The Labute approximate surface area is 166 Å². The number of carbonyl (C=O) groups excluding carboxylic acids is 2. The molecule has 27 heavy (non-hydrogen) atoms. The second-order valence-corrected chi connectivity index (χ2v) is 9.70. The molecule has 1 heterocycles. The number of hydrogen-bond acceptors (Lipinski definition) is 3. The second-order valence-electron chi connectivity index (χ2n) is 9.70. The first kappa shape index (κ1) is 23.7. The lowest BCUT2D eigenvalue weighted by atomic mass is 9.89. The third kappa shape index (κ3) is 7.67. The molecule has 2 unspecified atom stereocenters. The molecule has 0 bridgehead atoms. The van der Waals surface area contributed by atoms with Crippen LogP contribution in [0.1, 0.15) is 93.4 Å². The first-order valence-corrected chi connectivity index (χ1v) is 10.7. The number of nitrogens with one attached hydrogen (secondary N) is 1. The van der Waals surface area contributed by atoms with Crippen molar-refractivity contribution in [2.45, 2.75) is 99.0 Å². The molecule has 0 aromatic heterocycles. The molecular weight excluding hydrogens is 338 g/mol. The van der Waals surface area contributed by atoms with Gasteiger partial charge >= 0.3 is 5.97 Å². The van der Waals surface area contributed by atoms with Crippen LogP contribution >= 0.6 is 0 Å². The Morgan fingerprint density at radius 1 is 1.30 bits per heavy atom. The molecule has 4 nitrogen and oxygen atoms in total. The zero-order valence-corrected chi connectivity index (χ0v) is 18.6. The predicted octanol–water partition coefficient (Wildman–Crippen LogP) is 5.41. The summed E-state index contributed by atoms with van der Waals surface area (Å²) < 4.78 is 5.57. The van der Waals surface area contributed by atoms with Gasteiger partial charge < -0.3 is 10.1 Å². The van der Waals surface area contributed by atoms with Crippen LogP contribution in [0.25, 0.3) is 0 Å². The van der Waals surface area contributed by atoms with E-state index >= 15 is 0 Å². The van der Waals surface area contributed by atoms with Crippen molar-refractivity contribution in [3.63, 3.8) is 0 Å². The second kappa shape index (κ2) is 10.3. The summed E-state index contributed by atoms with van der Waals surface area (Å²) >= 11 is 0. The number of carbonyl (C=O) groups is 2. The highest BCUT2D eigenvalue weighted by molar-refractivity contribution is 5.96. The molecular formula is C23H41NO3. The van der Waals surface area contributed by atoms with Crippen molar-refractivity contribution in [3.05, 3.63) is 11.6 Å². The van der Waals surface area contributed by atoms with Crippen molar-refractivity contribution in [1.82, 2.24) is 5.32 Å². The van der Waals surface area contributed by atoms with Crippen molar-refractivity contribution in [3.8, 4) is 0 Å². The Balaban J connectivity index is 2.71. The Bertz CT molecular complexity index is 530. The van der Waals surface area contributed by atoms with Gasteiger partial charge in [0, 0.05) is 12.0 Å². The molecule has 1 aliphatic heterocycles. The van der Waals surface area contributed by atoms with Crippen LogP contribution in [0.4, 0.5) is 0 Å². The van der Waals surface area contributed by atoms with E-state index in [1.807, 2.05) is 20.8 Å². The van der Waals surface area contributed by atoms with Gasteiger partial charge in [-0.2, -0.15) is 0 Å². The fourth-order valence-corrected chi connectivity index (χ4v) is 3.83. The summed E-state index contributed by atoms with van der Waals surface area (Å²) in [4.78, 5) is 24.7. The standard InChI is InChI=1S/C23H41NO3/c1-8-13-23(16-27-21(26)22(5,6)7)15-19(20(25)24-23)12-10-11-18(9-2)14-17(3)4/h12,17-18H,8-11,13-16H2,1-7H3,(H,24,25)/b19-12+. The van der Waals surface area contributed by atoms with Crippen LogP contribution in [-0.2, 0) is 14.3 Å². The molecule has 0 aromatic rings. The first-order chi connectivity index (χ1) is 12.5. The van der Waals surface area contributed by atoms with Gasteiger partial charge in [0.25, 0.3) is 0 Å². The Hall–Kier alpha value is -1.32. The first-order valence-electron chi connectivity index (χ1n) is 10.7. The topological polar surface area (TPSA) is 55.4 Å². The lowest BCUT2D eigenvalue weighted by molar-refractivity contribution is -0.155. The highest BCUT2D eigenvalue weighted by Crippen LogP contribution is 2.31. The number of esters is 1. The lowest BCUT2D eigenvalue weighted by Crippen LogP contribution is -2.46. The predicted molar refractivity (Wildman–Crippen MR) is 111 cm³/mol. The van der Waals surface area contributed by atoms with E-state index in [0.717, 1.165) is 37.2 Å². The van der Waals surface area contributed by atoms with Gasteiger partial charge in [0.1, 0.15) is 6.61 Å². The Kier molecular flexibility index (Phi) is 9.04. The molecule has 0 radical (unpaired) electrons. The molecule has 1 N–H and O–H groups in total. The zero-order chi connectivity index (χ0) is 20.7. The van der Waals surface area contributed by atoms with Gasteiger partial charge in [-0.15, -0.1) is 0 Å². The minimum absolute atomic E-state index is 0.00663. The molecule has 0 spiro atoms. The third-order valence-electron chi connectivity index (χ3n) is 5.37. The maximum Gasteiger partial charge on any atom is 0.311 e. The van der Waals surface area contributed by atoms with Gasteiger partial charge in [-0.3, -0.25) is 9.59 Å². The monoisotopic (exact) mass is 379 g/mol. The largest absolute Gasteiger partial charge is 0.463 e. The van der Waals surface area contributed by atoms with E-state index in [9.17, 15) is 9.59 Å². The summed E-state index contributed by atoms with van der Waals surface area (Å²) in [6, 6.07) is 0. The Morgan fingerprint density at radius 2 is 1.96 bits per heavy atom. The van der Waals surface area contributed by atoms with Crippen LogP contribution in [0, 0.1) is 17.3 Å². The van der Waals surface area contributed by atoms with E-state index in [2.05, 4.69) is 39.1 Å². The maximum atomic E-state index is 12.5. The van der Waals surface area contributed by atoms with Crippen molar-refractivity contribution in [1.29, 1.82) is 0 Å². The van der Waals surface area contributed by atoms with Crippen molar-refractivity contribution in [2.24, 2.45) is 17.3 Å². The quantitative estimate of drug-likeness (QED) is 0.408. The molecule has 4 heteroatoms. The average molecular weight is 380 g/mol. The van der Waals surface area contributed by atoms with Gasteiger partial charge in [-0.1, -0.05) is 46.6 Å². The summed E-state index contributed by atoms with van der Waals surface area (Å²) in [6.07, 6.45) is 9.03. The van der Waals surface area contributed by atoms with E-state index in [0.29, 0.717) is 12.3 Å². The van der Waals surface area contributed by atoms with Crippen molar-refractivity contribution in [2.75, 3.05) is 6.61 Å². The van der Waals surface area contributed by atoms with Crippen LogP contribution < -0.4 is 5.32 Å². The fraction of sp³-hybridized carbons (Fsp3) is 0.826. The molecule has 156 valence electrons. The van der Waals surface area contributed by atoms with Crippen LogP contribution in [0.2, 0.25) is 0 Å². The molecule has 0 saturated carbocycles. The summed E-state index contributed by atoms with van der Waals surface area (Å²) in [5.74, 6) is 1.22. The van der Waals surface area contributed by atoms with E-state index in [1.54, 1.807) is 0 Å². The van der Waals surface area contributed by atoms with Crippen LogP contribution in [0.15, 0.2) is 11.6 Å². The smallest absolute Gasteiger partial charge is 0.311 e.